The average Bonchev–Trinajstić information content (AvgIpc) is 2.84. The molecule has 0 aliphatic carbocycles. The van der Waals surface area contributed by atoms with Crippen molar-refractivity contribution in [2.45, 2.75) is 12.5 Å². The lowest BCUT2D eigenvalue weighted by Crippen LogP contribution is -2.21. The van der Waals surface area contributed by atoms with E-state index in [1.54, 1.807) is 37.4 Å². The molecule has 4 heteroatoms. The van der Waals surface area contributed by atoms with Crippen LogP contribution in [0.5, 0.6) is 5.75 Å². The largest absolute Gasteiger partial charge is 0.497 e. The number of carbonyl (C=O) groups is 2. The first kappa shape index (κ1) is 13.4. The van der Waals surface area contributed by atoms with Crippen molar-refractivity contribution >= 4 is 11.7 Å². The Labute approximate surface area is 122 Å². The Morgan fingerprint density at radius 3 is 2.81 bits per heavy atom. The standard InChI is InChI=1S/C17H15NO3/c1-21-12-6-4-5-11(9-12)16(19)10-15-13-7-2-3-8-14(13)17(20)18-15/h2-9,15H,10H2,1H3,(H,18,20)/t15-/m0/s1. The average molecular weight is 281 g/mol. The summed E-state index contributed by atoms with van der Waals surface area (Å²) in [5.74, 6) is 0.515. The number of benzene rings is 2. The van der Waals surface area contributed by atoms with Gasteiger partial charge in [-0.25, -0.2) is 0 Å². The van der Waals surface area contributed by atoms with E-state index in [0.717, 1.165) is 5.56 Å². The summed E-state index contributed by atoms with van der Waals surface area (Å²) < 4.78 is 5.13. The quantitative estimate of drug-likeness (QED) is 0.877. The number of ether oxygens (including phenoxy) is 1. The maximum absolute atomic E-state index is 12.4. The molecule has 0 fully saturated rings. The first-order valence-corrected chi connectivity index (χ1v) is 6.76. The second kappa shape index (κ2) is 5.40. The molecule has 1 N–H and O–H groups in total. The number of carbonyl (C=O) groups excluding carboxylic acids is 2. The van der Waals surface area contributed by atoms with Crippen molar-refractivity contribution in [1.82, 2.24) is 5.32 Å². The Kier molecular flexibility index (Phi) is 3.44. The number of rotatable bonds is 4. The molecule has 21 heavy (non-hydrogen) atoms. The second-order valence-electron chi connectivity index (χ2n) is 4.97. The number of hydrogen-bond acceptors (Lipinski definition) is 3. The predicted octanol–water partition coefficient (Wildman–Crippen LogP) is 2.75. The molecule has 4 nitrogen and oxygen atoms in total. The summed E-state index contributed by atoms with van der Waals surface area (Å²) in [6.07, 6.45) is 0.246. The predicted molar refractivity (Wildman–Crippen MR) is 78.6 cm³/mol. The van der Waals surface area contributed by atoms with Gasteiger partial charge >= 0.3 is 0 Å². The van der Waals surface area contributed by atoms with Gasteiger partial charge in [0.2, 0.25) is 0 Å². The van der Waals surface area contributed by atoms with Crippen LogP contribution in [0, 0.1) is 0 Å². The molecule has 1 aliphatic rings. The summed E-state index contributed by atoms with van der Waals surface area (Å²) in [6, 6.07) is 14.2. The minimum absolute atomic E-state index is 0.0177. The van der Waals surface area contributed by atoms with E-state index in [9.17, 15) is 9.59 Å². The fourth-order valence-electron chi connectivity index (χ4n) is 2.58. The molecule has 1 amide bonds. The Balaban J connectivity index is 1.81. The highest BCUT2D eigenvalue weighted by atomic mass is 16.5. The Hall–Kier alpha value is -2.62. The fraction of sp³-hybridized carbons (Fsp3) is 0.176. The number of nitrogens with one attached hydrogen (secondary N) is 1. The number of fused-ring (bicyclic) bond motifs is 1. The second-order valence-corrected chi connectivity index (χ2v) is 4.97. The first-order valence-electron chi connectivity index (χ1n) is 6.76. The van der Waals surface area contributed by atoms with Crippen LogP contribution in [0.3, 0.4) is 0 Å². The van der Waals surface area contributed by atoms with Gasteiger partial charge < -0.3 is 10.1 Å². The van der Waals surface area contributed by atoms with Crippen molar-refractivity contribution < 1.29 is 14.3 Å². The van der Waals surface area contributed by atoms with Gasteiger partial charge in [-0.15, -0.1) is 0 Å². The zero-order chi connectivity index (χ0) is 14.8. The zero-order valence-electron chi connectivity index (χ0n) is 11.6. The van der Waals surface area contributed by atoms with Crippen LogP contribution in [0.15, 0.2) is 48.5 Å². The van der Waals surface area contributed by atoms with Gasteiger partial charge in [0.1, 0.15) is 5.75 Å². The molecule has 1 heterocycles. The minimum atomic E-state index is -0.257. The molecule has 0 unspecified atom stereocenters. The van der Waals surface area contributed by atoms with Crippen LogP contribution in [0.25, 0.3) is 0 Å². The molecule has 0 spiro atoms. The minimum Gasteiger partial charge on any atom is -0.497 e. The highest BCUT2D eigenvalue weighted by molar-refractivity contribution is 6.02. The normalized spacial score (nSPS) is 16.2. The third-order valence-electron chi connectivity index (χ3n) is 3.67. The third kappa shape index (κ3) is 2.52. The Morgan fingerprint density at radius 2 is 2.00 bits per heavy atom. The van der Waals surface area contributed by atoms with Gasteiger partial charge in [0.05, 0.1) is 13.2 Å². The highest BCUT2D eigenvalue weighted by Crippen LogP contribution is 2.29. The molecule has 2 aromatic carbocycles. The van der Waals surface area contributed by atoms with E-state index in [2.05, 4.69) is 5.32 Å². The summed E-state index contributed by atoms with van der Waals surface area (Å²) in [7, 11) is 1.57. The molecule has 0 bridgehead atoms. The molecular weight excluding hydrogens is 266 g/mol. The molecule has 0 saturated carbocycles. The third-order valence-corrected chi connectivity index (χ3v) is 3.67. The van der Waals surface area contributed by atoms with Crippen molar-refractivity contribution in [2.75, 3.05) is 7.11 Å². The number of hydrogen-bond donors (Lipinski definition) is 1. The van der Waals surface area contributed by atoms with Gasteiger partial charge in [0.25, 0.3) is 5.91 Å². The molecule has 2 aromatic rings. The van der Waals surface area contributed by atoms with Crippen molar-refractivity contribution in [3.8, 4) is 5.75 Å². The maximum atomic E-state index is 12.4. The van der Waals surface area contributed by atoms with Gasteiger partial charge in [-0.3, -0.25) is 9.59 Å². The zero-order valence-corrected chi connectivity index (χ0v) is 11.6. The molecule has 0 radical (unpaired) electrons. The highest BCUT2D eigenvalue weighted by Gasteiger charge is 2.29. The van der Waals surface area contributed by atoms with Crippen LogP contribution in [0.4, 0.5) is 0 Å². The molecular formula is C17H15NO3. The van der Waals surface area contributed by atoms with E-state index in [-0.39, 0.29) is 24.2 Å². The fourth-order valence-corrected chi connectivity index (χ4v) is 2.58. The topological polar surface area (TPSA) is 55.4 Å². The molecule has 0 saturated heterocycles. The van der Waals surface area contributed by atoms with Gasteiger partial charge in [0.15, 0.2) is 5.78 Å². The molecule has 0 aromatic heterocycles. The SMILES string of the molecule is COc1cccc(C(=O)C[C@@H]2NC(=O)c3ccccc32)c1. The summed E-state index contributed by atoms with van der Waals surface area (Å²) in [6.45, 7) is 0. The maximum Gasteiger partial charge on any atom is 0.252 e. The van der Waals surface area contributed by atoms with Crippen LogP contribution in [-0.2, 0) is 0 Å². The monoisotopic (exact) mass is 281 g/mol. The van der Waals surface area contributed by atoms with Gasteiger partial charge in [-0.05, 0) is 23.8 Å². The Bertz CT molecular complexity index is 709. The van der Waals surface area contributed by atoms with Crippen molar-refractivity contribution in [3.63, 3.8) is 0 Å². The lowest BCUT2D eigenvalue weighted by molar-refractivity contribution is 0.0933. The van der Waals surface area contributed by atoms with Crippen LogP contribution in [0.1, 0.15) is 38.7 Å². The lowest BCUT2D eigenvalue weighted by atomic mass is 9.98. The van der Waals surface area contributed by atoms with E-state index in [4.69, 9.17) is 4.74 Å². The molecule has 3 rings (SSSR count). The van der Waals surface area contributed by atoms with E-state index in [1.807, 2.05) is 18.2 Å². The summed E-state index contributed by atoms with van der Waals surface area (Å²) in [5, 5.41) is 2.86. The number of amides is 1. The smallest absolute Gasteiger partial charge is 0.252 e. The van der Waals surface area contributed by atoms with Crippen LogP contribution in [-0.4, -0.2) is 18.8 Å². The summed E-state index contributed by atoms with van der Waals surface area (Å²) >= 11 is 0. The van der Waals surface area contributed by atoms with Gasteiger partial charge in [-0.2, -0.15) is 0 Å². The summed E-state index contributed by atoms with van der Waals surface area (Å²) in [4.78, 5) is 24.2. The van der Waals surface area contributed by atoms with Crippen molar-refractivity contribution in [3.05, 3.63) is 65.2 Å². The van der Waals surface area contributed by atoms with E-state index >= 15 is 0 Å². The molecule has 1 atom stereocenters. The first-order chi connectivity index (χ1) is 10.2. The van der Waals surface area contributed by atoms with Gasteiger partial charge in [0, 0.05) is 17.5 Å². The van der Waals surface area contributed by atoms with Crippen LogP contribution >= 0.6 is 0 Å². The number of methoxy groups -OCH3 is 1. The van der Waals surface area contributed by atoms with Crippen molar-refractivity contribution in [1.29, 1.82) is 0 Å². The van der Waals surface area contributed by atoms with Crippen LogP contribution in [0.2, 0.25) is 0 Å². The lowest BCUT2D eigenvalue weighted by Gasteiger charge is -2.11. The Morgan fingerprint density at radius 1 is 1.19 bits per heavy atom. The summed E-state index contributed by atoms with van der Waals surface area (Å²) in [5.41, 5.74) is 2.13. The number of ketones is 1. The van der Waals surface area contributed by atoms with Crippen molar-refractivity contribution in [2.24, 2.45) is 0 Å². The van der Waals surface area contributed by atoms with E-state index < -0.39 is 0 Å². The number of Topliss-reactive ketones (excluding diaryl/α,β-unsaturated/α-hetero) is 1. The molecule has 106 valence electrons. The molecule has 1 aliphatic heterocycles. The van der Waals surface area contributed by atoms with Gasteiger partial charge in [-0.1, -0.05) is 30.3 Å². The van der Waals surface area contributed by atoms with E-state index in [1.165, 1.54) is 0 Å². The van der Waals surface area contributed by atoms with Crippen LogP contribution < -0.4 is 10.1 Å². The van der Waals surface area contributed by atoms with E-state index in [0.29, 0.717) is 16.9 Å².